The lowest BCUT2D eigenvalue weighted by molar-refractivity contribution is 0.0577. The molecule has 1 aliphatic carbocycles. The van der Waals surface area contributed by atoms with Gasteiger partial charge in [-0.05, 0) is 38.0 Å². The Morgan fingerprint density at radius 1 is 1.15 bits per heavy atom. The molecule has 0 atom stereocenters. The smallest absolute Gasteiger partial charge is 0.265 e. The summed E-state index contributed by atoms with van der Waals surface area (Å²) in [6.45, 7) is 5.42. The summed E-state index contributed by atoms with van der Waals surface area (Å²) in [4.78, 5) is 22.9. The molecule has 0 unspecified atom stereocenters. The molecule has 27 heavy (non-hydrogen) atoms. The minimum atomic E-state index is 0.0838. The molecular formula is C20H23Cl2N3OS. The van der Waals surface area contributed by atoms with Crippen molar-refractivity contribution in [2.45, 2.75) is 38.6 Å². The molecule has 144 valence electrons. The van der Waals surface area contributed by atoms with Gasteiger partial charge < -0.3 is 4.90 Å². The highest BCUT2D eigenvalue weighted by molar-refractivity contribution is 7.17. The highest BCUT2D eigenvalue weighted by Gasteiger charge is 2.29. The number of piperazine rings is 1. The van der Waals surface area contributed by atoms with Gasteiger partial charge in [0.15, 0.2) is 0 Å². The second kappa shape index (κ2) is 8.08. The molecule has 1 aromatic carbocycles. The lowest BCUT2D eigenvalue weighted by Crippen LogP contribution is -2.51. The zero-order valence-corrected chi connectivity index (χ0v) is 17.7. The maximum absolute atomic E-state index is 13.1. The Labute approximate surface area is 174 Å². The van der Waals surface area contributed by atoms with Crippen LogP contribution in [0.3, 0.4) is 0 Å². The van der Waals surface area contributed by atoms with Crippen molar-refractivity contribution in [3.63, 3.8) is 0 Å². The van der Waals surface area contributed by atoms with Crippen molar-refractivity contribution < 1.29 is 4.79 Å². The molecule has 1 aromatic heterocycles. The van der Waals surface area contributed by atoms with Gasteiger partial charge in [-0.2, -0.15) is 0 Å². The topological polar surface area (TPSA) is 36.4 Å². The summed E-state index contributed by atoms with van der Waals surface area (Å²) in [5.41, 5.74) is 1.54. The number of carbonyl (C=O) groups excluding carboxylic acids is 1. The molecule has 2 fully saturated rings. The van der Waals surface area contributed by atoms with Crippen LogP contribution in [0.25, 0.3) is 10.6 Å². The molecule has 1 saturated carbocycles. The van der Waals surface area contributed by atoms with Crippen LogP contribution in [0.1, 0.15) is 41.0 Å². The largest absolute Gasteiger partial charge is 0.335 e. The zero-order chi connectivity index (χ0) is 19.0. The highest BCUT2D eigenvalue weighted by atomic mass is 35.5. The highest BCUT2D eigenvalue weighted by Crippen LogP contribution is 2.35. The quantitative estimate of drug-likeness (QED) is 0.686. The van der Waals surface area contributed by atoms with E-state index in [2.05, 4.69) is 9.88 Å². The molecule has 4 rings (SSSR count). The van der Waals surface area contributed by atoms with Gasteiger partial charge in [-0.15, -0.1) is 11.3 Å². The van der Waals surface area contributed by atoms with E-state index in [9.17, 15) is 4.79 Å². The van der Waals surface area contributed by atoms with Crippen molar-refractivity contribution in [1.29, 1.82) is 0 Å². The van der Waals surface area contributed by atoms with E-state index in [0.29, 0.717) is 14.9 Å². The van der Waals surface area contributed by atoms with Gasteiger partial charge in [0.1, 0.15) is 9.88 Å². The third kappa shape index (κ3) is 4.02. The lowest BCUT2D eigenvalue weighted by Gasteiger charge is -2.37. The SMILES string of the molecule is Cc1nc(-c2cc(Cl)ccc2Cl)sc1C(=O)N1CCN(C2CCCC2)CC1. The van der Waals surface area contributed by atoms with Gasteiger partial charge in [-0.25, -0.2) is 4.98 Å². The first-order valence-corrected chi connectivity index (χ1v) is 11.1. The third-order valence-corrected chi connectivity index (χ3v) is 7.34. The number of amides is 1. The van der Waals surface area contributed by atoms with E-state index in [1.54, 1.807) is 18.2 Å². The maximum Gasteiger partial charge on any atom is 0.265 e. The Kier molecular flexibility index (Phi) is 5.74. The standard InChI is InChI=1S/C20H23Cl2N3OS/c1-13-18(27-19(23-13)16-12-14(21)6-7-17(16)22)20(26)25-10-8-24(9-11-25)15-4-2-3-5-15/h6-7,12,15H,2-5,8-11H2,1H3. The Bertz CT molecular complexity index is 840. The van der Waals surface area contributed by atoms with Gasteiger partial charge in [0.25, 0.3) is 5.91 Å². The van der Waals surface area contributed by atoms with Crippen LogP contribution in [0.2, 0.25) is 10.0 Å². The minimum absolute atomic E-state index is 0.0838. The molecule has 0 spiro atoms. The first-order chi connectivity index (χ1) is 13.0. The van der Waals surface area contributed by atoms with Gasteiger partial charge in [-0.3, -0.25) is 9.69 Å². The first-order valence-electron chi connectivity index (χ1n) is 9.49. The van der Waals surface area contributed by atoms with Gasteiger partial charge in [0.05, 0.1) is 10.7 Å². The number of rotatable bonds is 3. The molecule has 0 bridgehead atoms. The summed E-state index contributed by atoms with van der Waals surface area (Å²) < 4.78 is 0. The Morgan fingerprint density at radius 2 is 1.85 bits per heavy atom. The van der Waals surface area contributed by atoms with Crippen LogP contribution in [0.5, 0.6) is 0 Å². The van der Waals surface area contributed by atoms with Crippen molar-refractivity contribution in [3.05, 3.63) is 38.8 Å². The van der Waals surface area contributed by atoms with Crippen LogP contribution in [0, 0.1) is 6.92 Å². The van der Waals surface area contributed by atoms with E-state index in [4.69, 9.17) is 23.2 Å². The summed E-state index contributed by atoms with van der Waals surface area (Å²) in [6.07, 6.45) is 5.31. The van der Waals surface area contributed by atoms with Gasteiger partial charge in [0.2, 0.25) is 0 Å². The van der Waals surface area contributed by atoms with E-state index in [1.165, 1.54) is 37.0 Å². The summed E-state index contributed by atoms with van der Waals surface area (Å²) in [6, 6.07) is 6.05. The normalized spacial score (nSPS) is 19.0. The summed E-state index contributed by atoms with van der Waals surface area (Å²) >= 11 is 13.8. The Hall–Kier alpha value is -1.14. The number of thiazole rings is 1. The molecule has 1 amide bonds. The second-order valence-electron chi connectivity index (χ2n) is 7.32. The van der Waals surface area contributed by atoms with Crippen molar-refractivity contribution in [2.75, 3.05) is 26.2 Å². The van der Waals surface area contributed by atoms with Crippen molar-refractivity contribution in [1.82, 2.24) is 14.8 Å². The van der Waals surface area contributed by atoms with Crippen molar-refractivity contribution >= 4 is 40.4 Å². The number of hydrogen-bond acceptors (Lipinski definition) is 4. The summed E-state index contributed by atoms with van der Waals surface area (Å²) in [7, 11) is 0. The number of carbonyl (C=O) groups is 1. The number of benzene rings is 1. The second-order valence-corrected chi connectivity index (χ2v) is 9.17. The van der Waals surface area contributed by atoms with Crippen molar-refractivity contribution in [2.24, 2.45) is 0 Å². The third-order valence-electron chi connectivity index (χ3n) is 5.59. The fraction of sp³-hybridized carbons (Fsp3) is 0.500. The minimum Gasteiger partial charge on any atom is -0.335 e. The molecule has 0 radical (unpaired) electrons. The van der Waals surface area contributed by atoms with E-state index < -0.39 is 0 Å². The molecular weight excluding hydrogens is 401 g/mol. The molecule has 1 saturated heterocycles. The Balaban J connectivity index is 1.48. The predicted molar refractivity (Wildman–Crippen MR) is 112 cm³/mol. The number of aryl methyl sites for hydroxylation is 1. The van der Waals surface area contributed by atoms with Gasteiger partial charge >= 0.3 is 0 Å². The number of aromatic nitrogens is 1. The van der Waals surface area contributed by atoms with E-state index in [-0.39, 0.29) is 5.91 Å². The fourth-order valence-corrected chi connectivity index (χ4v) is 5.57. The maximum atomic E-state index is 13.1. The molecule has 2 aromatic rings. The van der Waals surface area contributed by atoms with Crippen LogP contribution >= 0.6 is 34.5 Å². The van der Waals surface area contributed by atoms with Crippen LogP contribution in [0.4, 0.5) is 0 Å². The molecule has 4 nitrogen and oxygen atoms in total. The average molecular weight is 424 g/mol. The van der Waals surface area contributed by atoms with Crippen LogP contribution in [0.15, 0.2) is 18.2 Å². The average Bonchev–Trinajstić information content (AvgIpc) is 3.33. The van der Waals surface area contributed by atoms with E-state index >= 15 is 0 Å². The van der Waals surface area contributed by atoms with Gasteiger partial charge in [0, 0.05) is 42.8 Å². The van der Waals surface area contributed by atoms with Crippen LogP contribution in [-0.4, -0.2) is 52.9 Å². The Morgan fingerprint density at radius 3 is 2.56 bits per heavy atom. The van der Waals surface area contributed by atoms with E-state index in [0.717, 1.165) is 48.5 Å². The van der Waals surface area contributed by atoms with Crippen molar-refractivity contribution in [3.8, 4) is 10.6 Å². The number of nitrogens with zero attached hydrogens (tertiary/aromatic N) is 3. The molecule has 7 heteroatoms. The molecule has 2 aliphatic rings. The fourth-order valence-electron chi connectivity index (χ4n) is 4.07. The molecule has 2 heterocycles. The lowest BCUT2D eigenvalue weighted by atomic mass is 10.1. The number of hydrogen-bond donors (Lipinski definition) is 0. The zero-order valence-electron chi connectivity index (χ0n) is 15.4. The van der Waals surface area contributed by atoms with Crippen LogP contribution in [-0.2, 0) is 0 Å². The monoisotopic (exact) mass is 423 g/mol. The van der Waals surface area contributed by atoms with Gasteiger partial charge in [-0.1, -0.05) is 36.0 Å². The van der Waals surface area contributed by atoms with Crippen LogP contribution < -0.4 is 0 Å². The molecule has 1 aliphatic heterocycles. The molecule has 0 N–H and O–H groups in total. The predicted octanol–water partition coefficient (Wildman–Crippen LogP) is 5.13. The first kappa shape index (κ1) is 19.2. The van der Waals surface area contributed by atoms with E-state index in [1.807, 2.05) is 11.8 Å². The number of halogens is 2. The summed E-state index contributed by atoms with van der Waals surface area (Å²) in [5, 5.41) is 1.95. The summed E-state index contributed by atoms with van der Waals surface area (Å²) in [5.74, 6) is 0.0838.